The van der Waals surface area contributed by atoms with Crippen LogP contribution < -0.4 is 10.1 Å². The third kappa shape index (κ3) is 8.93. The lowest BCUT2D eigenvalue weighted by atomic mass is 9.81. The molecule has 1 saturated carbocycles. The Morgan fingerprint density at radius 2 is 1.98 bits per heavy atom. The molecule has 1 aliphatic carbocycles. The molecule has 2 aromatic rings. The summed E-state index contributed by atoms with van der Waals surface area (Å²) in [5.74, 6) is -2.58. The molecule has 40 heavy (non-hydrogen) atoms. The average molecular weight is 617 g/mol. The lowest BCUT2D eigenvalue weighted by molar-refractivity contribution is -0.169. The lowest BCUT2D eigenvalue weighted by Crippen LogP contribution is -2.38. The highest BCUT2D eigenvalue weighted by Crippen LogP contribution is 2.34. The Labute approximate surface area is 236 Å². The second-order valence-corrected chi connectivity index (χ2v) is 10.1. The summed E-state index contributed by atoms with van der Waals surface area (Å²) in [4.78, 5) is 21.2. The fourth-order valence-electron chi connectivity index (χ4n) is 4.41. The molecule has 1 amide bonds. The van der Waals surface area contributed by atoms with E-state index >= 15 is 0 Å². The van der Waals surface area contributed by atoms with Crippen molar-refractivity contribution in [3.05, 3.63) is 34.5 Å². The quantitative estimate of drug-likeness (QED) is 0.392. The Balaban J connectivity index is 0.00000178. The predicted molar refractivity (Wildman–Crippen MR) is 135 cm³/mol. The van der Waals surface area contributed by atoms with Gasteiger partial charge in [-0.1, -0.05) is 38.8 Å². The summed E-state index contributed by atoms with van der Waals surface area (Å²) in [6, 6.07) is 1.05. The van der Waals surface area contributed by atoms with Crippen molar-refractivity contribution in [2.45, 2.75) is 71.8 Å². The van der Waals surface area contributed by atoms with Gasteiger partial charge in [0.25, 0.3) is 5.91 Å². The molecule has 1 fully saturated rings. The third-order valence-corrected chi connectivity index (χ3v) is 6.93. The molecule has 3 rings (SSSR count). The van der Waals surface area contributed by atoms with E-state index in [1.807, 2.05) is 0 Å². The number of amides is 1. The van der Waals surface area contributed by atoms with Gasteiger partial charge in [-0.3, -0.25) is 9.36 Å². The first kappa shape index (κ1) is 33.6. The van der Waals surface area contributed by atoms with Gasteiger partial charge in [-0.25, -0.2) is 9.97 Å². The fraction of sp³-hybridized carbons (Fsp3) is 0.625. The molecule has 2 N–H and O–H groups in total. The standard InChI is InChI=1S/C24H30ClF5N4O3.O2S/c1-4-18-33-19(22(36)32-11-15-6-5-12(2)7-16(15)35)20(25)34(18)21-17(37-23(26)27)9-14(10-31-21)8-13(3)24(28,29)30;1-3-2/h9-10,12-13,15-16,23,35H,4-8,11H2,1-3H3,(H,32,36);/t12-,13?,15+,16-;/m0./s1. The maximum Gasteiger partial charge on any atom is 0.391 e. The minimum Gasteiger partial charge on any atom is -0.431 e. The highest BCUT2D eigenvalue weighted by molar-refractivity contribution is 7.51. The zero-order valence-electron chi connectivity index (χ0n) is 21.9. The number of nitrogens with zero attached hydrogens (tertiary/aromatic N) is 3. The minimum atomic E-state index is -4.47. The molecule has 16 heteroatoms. The van der Waals surface area contributed by atoms with Crippen molar-refractivity contribution in [2.75, 3.05) is 6.54 Å². The first-order valence-corrected chi connectivity index (χ1v) is 13.4. The normalized spacial score (nSPS) is 19.9. The number of hydrogen-bond donors (Lipinski definition) is 2. The highest BCUT2D eigenvalue weighted by atomic mass is 35.5. The SMILES string of the molecule is CCc1nc(C(=O)NC[C@H]2CC[C@H](C)C[C@@H]2O)c(Cl)n1-c1ncc(CC(C)C(F)(F)F)cc1OC(F)F.O=S=O. The minimum absolute atomic E-state index is 0.0387. The summed E-state index contributed by atoms with van der Waals surface area (Å²) in [7, 11) is 0. The van der Waals surface area contributed by atoms with Crippen LogP contribution in [0.1, 0.15) is 61.9 Å². The third-order valence-electron chi connectivity index (χ3n) is 6.58. The topological polar surface area (TPSA) is 123 Å². The van der Waals surface area contributed by atoms with Crippen LogP contribution in [0.15, 0.2) is 12.3 Å². The molecule has 4 atom stereocenters. The first-order valence-electron chi connectivity index (χ1n) is 12.4. The van der Waals surface area contributed by atoms with E-state index in [4.69, 9.17) is 20.0 Å². The molecular formula is C24H30ClF5N4O5S. The summed E-state index contributed by atoms with van der Waals surface area (Å²) < 4.78 is 87.6. The molecule has 0 radical (unpaired) electrons. The smallest absolute Gasteiger partial charge is 0.391 e. The Hall–Kier alpha value is -2.65. The van der Waals surface area contributed by atoms with Crippen LogP contribution in [0.25, 0.3) is 5.82 Å². The van der Waals surface area contributed by atoms with Gasteiger partial charge in [-0.2, -0.15) is 30.4 Å². The second-order valence-electron chi connectivity index (χ2n) is 9.57. The molecule has 0 saturated heterocycles. The maximum atomic E-state index is 13.2. The number of imidazole rings is 1. The van der Waals surface area contributed by atoms with Gasteiger partial charge in [0, 0.05) is 25.1 Å². The number of carbonyl (C=O) groups is 1. The fourth-order valence-corrected chi connectivity index (χ4v) is 4.72. The van der Waals surface area contributed by atoms with Gasteiger partial charge in [0.05, 0.1) is 12.0 Å². The van der Waals surface area contributed by atoms with Crippen LogP contribution in [0, 0.1) is 17.8 Å². The van der Waals surface area contributed by atoms with Crippen molar-refractivity contribution >= 4 is 29.1 Å². The molecule has 0 aliphatic heterocycles. The second kappa shape index (κ2) is 14.8. The van der Waals surface area contributed by atoms with Crippen molar-refractivity contribution < 1.29 is 45.0 Å². The van der Waals surface area contributed by atoms with E-state index in [0.717, 1.165) is 32.0 Å². The van der Waals surface area contributed by atoms with Crippen LogP contribution in [0.4, 0.5) is 22.0 Å². The van der Waals surface area contributed by atoms with E-state index in [1.54, 1.807) is 6.92 Å². The van der Waals surface area contributed by atoms with Crippen LogP contribution in [0.2, 0.25) is 5.15 Å². The Morgan fingerprint density at radius 3 is 2.52 bits per heavy atom. The summed E-state index contributed by atoms with van der Waals surface area (Å²) in [5.41, 5.74) is -0.131. The number of halogens is 6. The highest BCUT2D eigenvalue weighted by Gasteiger charge is 2.36. The number of ether oxygens (including phenoxy) is 1. The molecular weight excluding hydrogens is 587 g/mol. The number of aryl methyl sites for hydroxylation is 1. The number of aliphatic hydroxyl groups is 1. The van der Waals surface area contributed by atoms with E-state index in [-0.39, 0.29) is 46.9 Å². The van der Waals surface area contributed by atoms with Crippen molar-refractivity contribution in [3.8, 4) is 11.6 Å². The molecule has 1 aliphatic rings. The van der Waals surface area contributed by atoms with Crippen LogP contribution in [-0.4, -0.2) is 59.4 Å². The average Bonchev–Trinajstić information content (AvgIpc) is 3.19. The van der Waals surface area contributed by atoms with Gasteiger partial charge in [0.15, 0.2) is 17.3 Å². The zero-order chi connectivity index (χ0) is 30.2. The molecule has 1 unspecified atom stereocenters. The molecule has 224 valence electrons. The maximum absolute atomic E-state index is 13.2. The van der Waals surface area contributed by atoms with Crippen molar-refractivity contribution in [2.24, 2.45) is 17.8 Å². The number of pyridine rings is 1. The van der Waals surface area contributed by atoms with Crippen LogP contribution in [0.3, 0.4) is 0 Å². The monoisotopic (exact) mass is 616 g/mol. The van der Waals surface area contributed by atoms with Crippen molar-refractivity contribution in [1.82, 2.24) is 19.9 Å². The number of aromatic nitrogens is 3. The number of aliphatic hydroxyl groups excluding tert-OH is 1. The van der Waals surface area contributed by atoms with Gasteiger partial charge >= 0.3 is 24.4 Å². The largest absolute Gasteiger partial charge is 0.431 e. The van der Waals surface area contributed by atoms with E-state index in [1.165, 1.54) is 4.57 Å². The Bertz CT molecular complexity index is 1190. The number of alkyl halides is 5. The molecule has 0 spiro atoms. The van der Waals surface area contributed by atoms with Crippen LogP contribution in [0.5, 0.6) is 5.75 Å². The summed E-state index contributed by atoms with van der Waals surface area (Å²) in [5, 5.41) is 12.8. The molecule has 2 aromatic heterocycles. The van der Waals surface area contributed by atoms with Gasteiger partial charge in [-0.15, -0.1) is 0 Å². The van der Waals surface area contributed by atoms with E-state index in [2.05, 4.69) is 26.9 Å². The Morgan fingerprint density at radius 1 is 1.32 bits per heavy atom. The molecule has 0 bridgehead atoms. The lowest BCUT2D eigenvalue weighted by Gasteiger charge is -2.31. The summed E-state index contributed by atoms with van der Waals surface area (Å²) >= 11 is 5.71. The number of rotatable bonds is 9. The molecule has 2 heterocycles. The van der Waals surface area contributed by atoms with Gasteiger partial charge in [-0.05, 0) is 36.8 Å². The van der Waals surface area contributed by atoms with E-state index in [0.29, 0.717) is 12.3 Å². The Kier molecular flexibility index (Phi) is 12.4. The summed E-state index contributed by atoms with van der Waals surface area (Å²) in [6.07, 6.45) is -1.82. The van der Waals surface area contributed by atoms with Gasteiger partial charge < -0.3 is 15.2 Å². The van der Waals surface area contributed by atoms with Gasteiger partial charge in [0.2, 0.25) is 0 Å². The number of hydrogen-bond acceptors (Lipinski definition) is 7. The van der Waals surface area contributed by atoms with E-state index in [9.17, 15) is 31.9 Å². The van der Waals surface area contributed by atoms with E-state index < -0.39 is 54.5 Å². The van der Waals surface area contributed by atoms with Crippen molar-refractivity contribution in [1.29, 1.82) is 0 Å². The van der Waals surface area contributed by atoms with Crippen molar-refractivity contribution in [3.63, 3.8) is 0 Å². The predicted octanol–water partition coefficient (Wildman–Crippen LogP) is 4.68. The molecule has 0 aromatic carbocycles. The van der Waals surface area contributed by atoms with Crippen LogP contribution in [-0.2, 0) is 24.4 Å². The summed E-state index contributed by atoms with van der Waals surface area (Å²) in [6.45, 7) is 1.66. The van der Waals surface area contributed by atoms with Gasteiger partial charge in [0.1, 0.15) is 11.0 Å². The number of nitrogens with one attached hydrogen (secondary N) is 1. The zero-order valence-corrected chi connectivity index (χ0v) is 23.5. The molecule has 9 nitrogen and oxygen atoms in total. The first-order chi connectivity index (χ1) is 18.7. The van der Waals surface area contributed by atoms with Crippen LogP contribution >= 0.6 is 11.6 Å². The number of carbonyl (C=O) groups excluding carboxylic acids is 1.